The molecule has 2 saturated heterocycles. The molecule has 1 saturated carbocycles. The Kier molecular flexibility index (Phi) is 20.5. The van der Waals surface area contributed by atoms with Crippen LogP contribution in [-0.4, -0.2) is 128 Å². The van der Waals surface area contributed by atoms with E-state index in [4.69, 9.17) is 32.0 Å². The normalized spacial score (nSPS) is 31.5. The van der Waals surface area contributed by atoms with Gasteiger partial charge in [0, 0.05) is 53.3 Å². The summed E-state index contributed by atoms with van der Waals surface area (Å²) in [5.74, 6) is -9.82. The number of aromatic carboxylic acids is 1. The van der Waals surface area contributed by atoms with E-state index in [1.54, 1.807) is 44.2 Å². The van der Waals surface area contributed by atoms with Gasteiger partial charge in [0.25, 0.3) is 11.7 Å². The SMILES string of the molecule is [2H]B([3H])CSO[C@@H]1CCC(/C=C(\C)[C@H]2OC(=O)C3CCCCN3C(=O)C(=O)C3(O)OC(C(C)CC3C)[C@@H](C)C[C@@H](C)C/C(C)=C/[C@@H](CCOC(=O)NCc3c(O)ccc4c(-c5ccccc5C(=O)O)c5ccc(=O)cc-5oc34)C(=O)CC(O[3H])[C@H]2C)CC1C. The Labute approximate surface area is 513 Å². The van der Waals surface area contributed by atoms with Crippen molar-refractivity contribution in [3.05, 3.63) is 99.2 Å². The summed E-state index contributed by atoms with van der Waals surface area (Å²) in [5.41, 5.74) is 2.68. The molecule has 0 radical (unpaired) electrons. The van der Waals surface area contributed by atoms with Crippen molar-refractivity contribution in [3.8, 4) is 28.2 Å². The number of aromatic hydroxyl groups is 1. The zero-order chi connectivity index (χ0) is 64.6. The molecule has 4 heterocycles. The predicted molar refractivity (Wildman–Crippen MR) is 329 cm³/mol. The maximum Gasteiger partial charge on any atom is 0.407 e. The molecule has 2 bridgehead atoms. The van der Waals surface area contributed by atoms with Crippen LogP contribution in [0, 0.1) is 47.3 Å². The molecule has 0 aromatic heterocycles. The van der Waals surface area contributed by atoms with Gasteiger partial charge in [-0.1, -0.05) is 77.5 Å². The lowest BCUT2D eigenvalue weighted by molar-refractivity contribution is -0.282. The zero-order valence-electron chi connectivity index (χ0n) is 53.5. The topological polar surface area (TPSA) is 266 Å². The molecule has 86 heavy (non-hydrogen) atoms. The quantitative estimate of drug-likeness (QED) is 0.0196. The van der Waals surface area contributed by atoms with Crippen molar-refractivity contribution in [1.82, 2.24) is 10.2 Å². The number of Topliss-reactive ketones (excluding diaryl/α,β-unsaturated/α-hetero) is 2. The second kappa shape index (κ2) is 28.7. The molecule has 8 unspecified atom stereocenters. The van der Waals surface area contributed by atoms with Gasteiger partial charge in [0.05, 0.1) is 42.6 Å². The first-order chi connectivity index (χ1) is 42.3. The van der Waals surface area contributed by atoms with E-state index in [-0.39, 0.29) is 120 Å². The lowest BCUT2D eigenvalue weighted by atomic mass is 9.76. The fourth-order valence-corrected chi connectivity index (χ4v) is 14.3. The van der Waals surface area contributed by atoms with E-state index >= 15 is 0 Å². The molecule has 2 amide bonds. The number of carboxylic acids is 1. The third-order valence-electron chi connectivity index (χ3n) is 18.2. The molecule has 2 aliphatic carbocycles. The highest BCUT2D eigenvalue weighted by Crippen LogP contribution is 2.45. The molecular formula is C66H85BN2O16S. The third-order valence-corrected chi connectivity index (χ3v) is 18.7. The van der Waals surface area contributed by atoms with Gasteiger partial charge >= 0.3 is 18.0 Å². The average Bonchev–Trinajstić information content (AvgIpc) is 0.912. The Balaban J connectivity index is 1.08. The van der Waals surface area contributed by atoms with Crippen molar-refractivity contribution >= 4 is 66.3 Å². The molecule has 2 aromatic rings. The average molecular weight is 1210 g/mol. The second-order valence-corrected chi connectivity index (χ2v) is 25.6. The van der Waals surface area contributed by atoms with Gasteiger partial charge in [-0.15, -0.1) is 0 Å². The van der Waals surface area contributed by atoms with Crippen molar-refractivity contribution in [2.24, 2.45) is 47.3 Å². The number of aliphatic hydroxyl groups is 2. The van der Waals surface area contributed by atoms with Gasteiger partial charge in [0.2, 0.25) is 7.22 Å². The number of carbonyl (C=O) groups excluding carboxylic acids is 5. The van der Waals surface area contributed by atoms with Crippen molar-refractivity contribution in [2.75, 3.05) is 18.8 Å². The maximum atomic E-state index is 15.0. The Morgan fingerprint density at radius 2 is 1.73 bits per heavy atom. The highest BCUT2D eigenvalue weighted by Gasteiger charge is 2.55. The van der Waals surface area contributed by atoms with Crippen LogP contribution in [0.1, 0.15) is 142 Å². The van der Waals surface area contributed by atoms with E-state index in [1.807, 2.05) is 39.8 Å². The highest BCUT2D eigenvalue weighted by atomic mass is 32.2. The van der Waals surface area contributed by atoms with E-state index in [1.165, 1.54) is 29.2 Å². The maximum absolute atomic E-state index is 15.0. The number of amides is 2. The summed E-state index contributed by atoms with van der Waals surface area (Å²) in [6, 6.07) is 12.3. The van der Waals surface area contributed by atoms with Crippen LogP contribution in [0.5, 0.6) is 5.75 Å². The van der Waals surface area contributed by atoms with Crippen LogP contribution < -0.4 is 10.7 Å². The molecule has 18 nitrogen and oxygen atoms in total. The predicted octanol–water partition coefficient (Wildman–Crippen LogP) is 9.79. The lowest BCUT2D eigenvalue weighted by Crippen LogP contribution is -2.62. The van der Waals surface area contributed by atoms with Gasteiger partial charge in [-0.2, -0.15) is 0 Å². The number of rotatable bonds is 14. The number of benzene rings is 3. The van der Waals surface area contributed by atoms with E-state index in [9.17, 15) is 48.9 Å². The van der Waals surface area contributed by atoms with Gasteiger partial charge < -0.3 is 53.5 Å². The number of alkyl carbamates (subject to hydrolysis) is 1. The van der Waals surface area contributed by atoms with Crippen LogP contribution in [0.3, 0.4) is 0 Å². The van der Waals surface area contributed by atoms with Crippen LogP contribution in [-0.2, 0) is 44.1 Å². The summed E-state index contributed by atoms with van der Waals surface area (Å²) < 4.78 is 54.5. The number of phenols is 1. The number of carboxylic acid groups (broad SMARTS) is 1. The second-order valence-electron chi connectivity index (χ2n) is 24.9. The number of ketones is 2. The fourth-order valence-electron chi connectivity index (χ4n) is 13.8. The standard InChI is InChI=1S/C66H85BN2O16S/c1-35-25-36(2)27-44(22-24-81-65(79)68-33-50-52(71)20-19-49-57(46-13-9-10-14-47(46)63(76)77)48-18-17-45(70)31-56(48)82-60(49)50)54(73)32-53(72)42(8)59(40(6)30-43-16-21-55(37(3)29-43)85-86-34-67)83-64(78)51-15-11-12-23-69(51)62(75)61(74)66(80)41(7)28-39(5)58(84-66)38(4)26-35/h9-10,13-14,17-20,27,30-31,35,37-39,41-44,51,53,55,58-59,71-72,80H,11-12,15-16,21-26,28-29,32-34,67H2,1-8H3,(H,68,79)(H,76,77)/b36-27+,40-30+/t35-,37?,38-,39?,41?,42+,43?,44+,51?,53?,55+,58?,59+,66?/m0/s1/i67TD,72T. The summed E-state index contributed by atoms with van der Waals surface area (Å²) >= 11 is 1.12. The minimum atomic E-state index is -2.46. The Morgan fingerprint density at radius 1 is 0.965 bits per heavy atom. The number of nitrogens with one attached hydrogen (secondary N) is 1. The molecule has 6 aliphatic rings. The summed E-state index contributed by atoms with van der Waals surface area (Å²) in [6.45, 7) is 14.7. The van der Waals surface area contributed by atoms with Crippen LogP contribution in [0.4, 0.5) is 4.79 Å². The monoisotopic (exact) mass is 1210 g/mol. The number of hydrogen-bond acceptors (Lipinski definition) is 16. The lowest BCUT2D eigenvalue weighted by Gasteiger charge is -2.46. The molecule has 8 rings (SSSR count). The fraction of sp³-hybridized carbons (Fsp3) is 0.561. The van der Waals surface area contributed by atoms with E-state index < -0.39 is 85.4 Å². The molecule has 4 aliphatic heterocycles. The number of piperidine rings is 1. The number of fused-ring (bicyclic) bond motifs is 5. The zero-order valence-corrected chi connectivity index (χ0v) is 51.4. The van der Waals surface area contributed by atoms with Crippen LogP contribution in [0.2, 0.25) is 0 Å². The molecule has 20 heteroatoms. The first-order valence-electron chi connectivity index (χ1n) is 31.9. The minimum absolute atomic E-state index is 0.000614. The van der Waals surface area contributed by atoms with Gasteiger partial charge in [0.1, 0.15) is 42.8 Å². The number of ether oxygens (including phenoxy) is 3. The Hall–Kier alpha value is -6.32. The van der Waals surface area contributed by atoms with E-state index in [0.717, 1.165) is 17.6 Å². The van der Waals surface area contributed by atoms with Gasteiger partial charge in [-0.25, -0.2) is 14.4 Å². The van der Waals surface area contributed by atoms with Crippen LogP contribution in [0.25, 0.3) is 33.4 Å². The molecule has 5 N–H and O–H groups in total. The van der Waals surface area contributed by atoms with Crippen LogP contribution in [0.15, 0.2) is 87.1 Å². The number of hydrogen-bond donors (Lipinski definition) is 5. The summed E-state index contributed by atoms with van der Waals surface area (Å²) in [5, 5.41) is 42.2. The van der Waals surface area contributed by atoms with Crippen molar-refractivity contribution in [2.45, 2.75) is 169 Å². The molecule has 3 fully saturated rings. The third kappa shape index (κ3) is 15.0. The van der Waals surface area contributed by atoms with Crippen molar-refractivity contribution in [3.63, 3.8) is 0 Å². The highest BCUT2D eigenvalue weighted by molar-refractivity contribution is 7.95. The van der Waals surface area contributed by atoms with Crippen molar-refractivity contribution < 1.29 is 72.0 Å². The number of cyclic esters (lactones) is 1. The van der Waals surface area contributed by atoms with Gasteiger partial charge in [-0.05, 0) is 169 Å². The van der Waals surface area contributed by atoms with Gasteiger partial charge in [0.15, 0.2) is 5.43 Å². The number of esters is 1. The molecular weight excluding hydrogens is 1120 g/mol. The molecule has 14 atom stereocenters. The largest absolute Gasteiger partial charge is 0.507 e. The summed E-state index contributed by atoms with van der Waals surface area (Å²) in [4.78, 5) is 98.8. The first-order valence-corrected chi connectivity index (χ1v) is 31.2. The summed E-state index contributed by atoms with van der Waals surface area (Å²) in [7, 11) is -1.02. The number of aliphatic hydroxyl groups excluding tert-OH is 1. The number of nitrogens with zero attached hydrogens (tertiary/aromatic N) is 1. The smallest absolute Gasteiger partial charge is 0.407 e. The number of phenolic OH excluding ortho intramolecular Hbond substituents is 1. The minimum Gasteiger partial charge on any atom is -0.507 e. The van der Waals surface area contributed by atoms with Crippen molar-refractivity contribution in [1.29, 1.82) is 4.10 Å². The first kappa shape index (κ1) is 61.3. The number of carbonyl (C=O) groups is 6. The molecule has 2 aromatic carbocycles. The Morgan fingerprint density at radius 3 is 2.48 bits per heavy atom. The summed E-state index contributed by atoms with van der Waals surface area (Å²) in [6.07, 6.45) is 4.43. The van der Waals surface area contributed by atoms with Gasteiger partial charge in [-0.3, -0.25) is 19.2 Å². The molecule has 464 valence electrons. The van der Waals surface area contributed by atoms with E-state index in [2.05, 4.69) is 19.2 Å². The van der Waals surface area contributed by atoms with E-state index in [0.29, 0.717) is 79.0 Å². The van der Waals surface area contributed by atoms with Crippen LogP contribution >= 0.6 is 12.0 Å². The number of allylic oxidation sites excluding steroid dienone is 3. The Bertz CT molecular complexity index is 3320. The molecule has 0 spiro atoms.